The first-order chi connectivity index (χ1) is 20.0. The Hall–Kier alpha value is -3.68. The van der Waals surface area contributed by atoms with Gasteiger partial charge in [-0.2, -0.15) is 5.69 Å². The van der Waals surface area contributed by atoms with Crippen LogP contribution in [0.2, 0.25) is 0 Å². The molecule has 2 N–H and O–H groups in total. The zero-order valence-corrected chi connectivity index (χ0v) is 26.7. The second-order valence-electron chi connectivity index (χ2n) is 11.3. The Bertz CT molecular complexity index is 1770. The molecule has 0 aliphatic carbocycles. The molecule has 0 amide bonds. The Morgan fingerprint density at radius 2 is 1.35 bits per heavy atom. The van der Waals surface area contributed by atoms with Gasteiger partial charge in [-0.25, -0.2) is 0 Å². The summed E-state index contributed by atoms with van der Waals surface area (Å²) in [5.74, 6) is -1.73. The quantitative estimate of drug-likeness (QED) is 0.362. The average Bonchev–Trinajstić information content (AvgIpc) is 3.59. The van der Waals surface area contributed by atoms with Crippen LogP contribution in [0.1, 0.15) is 96.2 Å². The Morgan fingerprint density at radius 3 is 2.00 bits per heavy atom. The molecule has 0 spiro atoms. The molecule has 0 radical (unpaired) electrons. The topological polar surface area (TPSA) is 131 Å². The summed E-state index contributed by atoms with van der Waals surface area (Å²) in [6.45, 7) is 12.5. The number of carbonyl (C=O) groups is 2. The zero-order valence-electron chi connectivity index (χ0n) is 25.6. The van der Waals surface area contributed by atoms with Gasteiger partial charge in [-0.3, -0.25) is 9.59 Å². The molecule has 0 saturated heterocycles. The maximum absolute atomic E-state index is 11.5. The average molecular weight is 623 g/mol. The van der Waals surface area contributed by atoms with Crippen LogP contribution < -0.4 is 25.7 Å². The number of aromatic nitrogens is 3. The molecule has 0 aromatic carbocycles. The van der Waals surface area contributed by atoms with Gasteiger partial charge in [0.05, 0.1) is 0 Å². The van der Waals surface area contributed by atoms with E-state index in [2.05, 4.69) is 33.8 Å². The molecular formula is C34H38FeN4O4. The van der Waals surface area contributed by atoms with Gasteiger partial charge in [-0.15, -0.1) is 33.5 Å². The van der Waals surface area contributed by atoms with Crippen molar-refractivity contribution in [3.05, 3.63) is 89.0 Å². The minimum absolute atomic E-state index is 0. The number of allylic oxidation sites excluding steroid dienone is 1. The maximum Gasteiger partial charge on any atom is 4.00 e. The number of rotatable bonds is 8. The molecule has 8 bridgehead atoms. The first kappa shape index (κ1) is 32.2. The van der Waals surface area contributed by atoms with Gasteiger partial charge in [0.15, 0.2) is 0 Å². The van der Waals surface area contributed by atoms with Crippen molar-refractivity contribution in [2.45, 2.75) is 92.5 Å². The molecule has 3 aromatic rings. The van der Waals surface area contributed by atoms with Gasteiger partial charge in [0.1, 0.15) is 0 Å². The van der Waals surface area contributed by atoms with E-state index in [1.165, 1.54) is 11.1 Å². The molecule has 2 aliphatic rings. The molecule has 0 saturated carbocycles. The van der Waals surface area contributed by atoms with E-state index in [0.29, 0.717) is 25.0 Å². The second-order valence-corrected chi connectivity index (χ2v) is 11.3. The van der Waals surface area contributed by atoms with Gasteiger partial charge in [0.2, 0.25) is 0 Å². The smallest absolute Gasteiger partial charge is 0.678 e. The van der Waals surface area contributed by atoms with E-state index in [-0.39, 0.29) is 36.0 Å². The number of nitrogens with zero attached hydrogens (tertiary/aromatic N) is 4. The summed E-state index contributed by atoms with van der Waals surface area (Å²) < 4.78 is 0. The van der Waals surface area contributed by atoms with Gasteiger partial charge in [-0.1, -0.05) is 89.1 Å². The summed E-state index contributed by atoms with van der Waals surface area (Å²) >= 11 is 0. The van der Waals surface area contributed by atoms with Crippen LogP contribution in [-0.2, 0) is 52.3 Å². The molecule has 5 rings (SSSR count). The van der Waals surface area contributed by atoms with Crippen LogP contribution in [0.15, 0.2) is 16.8 Å². The van der Waals surface area contributed by atoms with Crippen LogP contribution in [0.25, 0.3) is 23.5 Å². The predicted molar refractivity (Wildman–Crippen MR) is 163 cm³/mol. The molecule has 8 nitrogen and oxygen atoms in total. The third-order valence-corrected chi connectivity index (χ3v) is 8.89. The van der Waals surface area contributed by atoms with E-state index in [1.807, 2.05) is 26.0 Å². The van der Waals surface area contributed by atoms with Crippen molar-refractivity contribution in [2.75, 3.05) is 0 Å². The van der Waals surface area contributed by atoms with E-state index in [4.69, 9.17) is 20.3 Å². The first-order valence-corrected chi connectivity index (χ1v) is 14.7. The van der Waals surface area contributed by atoms with Crippen molar-refractivity contribution in [1.29, 1.82) is 0 Å². The fourth-order valence-electron chi connectivity index (χ4n) is 6.41. The molecule has 2 aliphatic heterocycles. The molecule has 43 heavy (non-hydrogen) atoms. The van der Waals surface area contributed by atoms with Crippen molar-refractivity contribution < 1.29 is 36.9 Å². The van der Waals surface area contributed by atoms with Gasteiger partial charge in [0, 0.05) is 12.8 Å². The van der Waals surface area contributed by atoms with Gasteiger partial charge >= 0.3 is 29.0 Å². The molecule has 9 heteroatoms. The van der Waals surface area contributed by atoms with Crippen LogP contribution in [0.3, 0.4) is 0 Å². The molecule has 3 aromatic heterocycles. The zero-order chi connectivity index (χ0) is 30.3. The number of carboxylic acids is 2. The molecular weight excluding hydrogens is 584 g/mol. The Kier molecular flexibility index (Phi) is 9.67. The Morgan fingerprint density at radius 1 is 0.744 bits per heavy atom. The second kappa shape index (κ2) is 12.9. The van der Waals surface area contributed by atoms with Crippen LogP contribution in [-0.4, -0.2) is 28.2 Å². The van der Waals surface area contributed by atoms with Crippen molar-refractivity contribution in [3.8, 4) is 0 Å². The van der Waals surface area contributed by atoms with Crippen molar-refractivity contribution in [2.24, 2.45) is 0 Å². The van der Waals surface area contributed by atoms with Gasteiger partial charge in [0.25, 0.3) is 0 Å². The van der Waals surface area contributed by atoms with Crippen molar-refractivity contribution >= 4 is 30.2 Å². The summed E-state index contributed by atoms with van der Waals surface area (Å²) in [7, 11) is 0. The van der Waals surface area contributed by atoms with E-state index >= 15 is 0 Å². The van der Waals surface area contributed by atoms with E-state index in [1.54, 1.807) is 0 Å². The molecule has 0 fully saturated rings. The fraction of sp³-hybridized carbons (Fsp3) is 0.412. The fourth-order valence-corrected chi connectivity index (χ4v) is 6.41. The number of fused-ring (bicyclic) bond motifs is 8. The van der Waals surface area contributed by atoms with Crippen molar-refractivity contribution in [1.82, 2.24) is 15.0 Å². The number of hydrogen-bond donors (Lipinski definition) is 2. The third kappa shape index (κ3) is 6.20. The van der Waals surface area contributed by atoms with Gasteiger partial charge in [-0.05, 0) is 53.4 Å². The molecule has 1 atom stereocenters. The first-order valence-electron chi connectivity index (χ1n) is 14.7. The number of carboxylic acid groups (broad SMARTS) is 2. The standard InChI is InChI=1S/C34H38N4O4.Fe/c1-7-21-17(3)25-13-26-19(5)23(9-11-33(39)40)31(37-26)16-32-24(10-12-34(41)42)20(6)28(38-32)15-30-22(8-2)18(4)27(36-30)14-29(21)35-25;/h13-14,16,28H,7-12,15H2,1-6H3,(H,39,40)(H,41,42);/q-4;+4/b25-13-,29-14+,32-16-;/t28-;/m0./s1. The number of hydrogen-bond acceptors (Lipinski definition) is 2. The van der Waals surface area contributed by atoms with Crippen LogP contribution >= 0.6 is 0 Å². The number of aliphatic carboxylic acids is 2. The monoisotopic (exact) mass is 622 g/mol. The summed E-state index contributed by atoms with van der Waals surface area (Å²) in [4.78, 5) is 38.2. The SMILES string of the molecule is CCc1c2[n-]c(c1C)/C=c1/[n-]/c(c(C)c1CC)=C\c1[n-]c(c(CCC(=O)O)c1C)/C=C1\[N-][C@@H](C2)C(C)=C1CCC(=O)O.[Fe+4]. The minimum atomic E-state index is -0.869. The molecule has 5 heterocycles. The Balaban J connectivity index is 0.00000423. The van der Waals surface area contributed by atoms with Crippen LogP contribution in [0.4, 0.5) is 0 Å². The summed E-state index contributed by atoms with van der Waals surface area (Å²) in [5.41, 5.74) is 12.5. The van der Waals surface area contributed by atoms with E-state index in [0.717, 1.165) is 79.7 Å². The maximum atomic E-state index is 11.5. The van der Waals surface area contributed by atoms with Crippen LogP contribution in [0, 0.1) is 20.8 Å². The summed E-state index contributed by atoms with van der Waals surface area (Å²) in [6, 6.07) is -0.165. The predicted octanol–water partition coefficient (Wildman–Crippen LogP) is 4.11. The van der Waals surface area contributed by atoms with Crippen LogP contribution in [0.5, 0.6) is 0 Å². The largest absolute Gasteiger partial charge is 4.00 e. The van der Waals surface area contributed by atoms with E-state index < -0.39 is 11.9 Å². The van der Waals surface area contributed by atoms with Gasteiger partial charge < -0.3 is 30.5 Å². The van der Waals surface area contributed by atoms with E-state index in [9.17, 15) is 19.8 Å². The van der Waals surface area contributed by atoms with Crippen molar-refractivity contribution in [3.63, 3.8) is 0 Å². The third-order valence-electron chi connectivity index (χ3n) is 8.89. The molecule has 0 unspecified atom stereocenters. The normalized spacial score (nSPS) is 18.6. The summed E-state index contributed by atoms with van der Waals surface area (Å²) in [6.07, 6.45) is 9.01. The Labute approximate surface area is 262 Å². The minimum Gasteiger partial charge on any atom is -0.678 e. The summed E-state index contributed by atoms with van der Waals surface area (Å²) in [5, 5.41) is 25.8. The molecule has 226 valence electrons.